The Morgan fingerprint density at radius 3 is 2.89 bits per heavy atom. The number of rotatable bonds is 2. The molecule has 3 rings (SSSR count). The molecule has 0 radical (unpaired) electrons. The van der Waals surface area contributed by atoms with Gasteiger partial charge in [0.1, 0.15) is 0 Å². The average molecular weight is 266 g/mol. The van der Waals surface area contributed by atoms with Gasteiger partial charge in [0.15, 0.2) is 0 Å². The number of benzene rings is 1. The van der Waals surface area contributed by atoms with E-state index in [1.807, 2.05) is 0 Å². The van der Waals surface area contributed by atoms with Crippen LogP contribution in [-0.2, 0) is 6.42 Å². The van der Waals surface area contributed by atoms with Gasteiger partial charge in [-0.05, 0) is 61.7 Å². The third-order valence-electron chi connectivity index (χ3n) is 4.60. The van der Waals surface area contributed by atoms with Crippen LogP contribution in [0.4, 0.5) is 0 Å². The lowest BCUT2D eigenvalue weighted by molar-refractivity contribution is 0.141. The maximum Gasteiger partial charge on any atom is 0.00156 e. The molecule has 1 aliphatic carbocycles. The van der Waals surface area contributed by atoms with Gasteiger partial charge in [0.25, 0.3) is 0 Å². The number of piperidine rings is 1. The van der Waals surface area contributed by atoms with Crippen LogP contribution in [0.1, 0.15) is 43.2 Å². The molecule has 2 atom stereocenters. The Kier molecular flexibility index (Phi) is 4.69. The predicted octanol–water partition coefficient (Wildman–Crippen LogP) is 3.87. The standard InChI is InChI=1S/C16H23N.ClH/c1-2-10-17-11-9-16-14(12-17)8-7-13-5-3-4-6-15(13)16;/h3-6,14,16H,2,7-12H2,1H3;1H/t14-,16+;/m0./s1. The van der Waals surface area contributed by atoms with Crippen LogP contribution in [-0.4, -0.2) is 24.5 Å². The van der Waals surface area contributed by atoms with E-state index in [4.69, 9.17) is 0 Å². The van der Waals surface area contributed by atoms with Gasteiger partial charge in [0, 0.05) is 6.54 Å². The lowest BCUT2D eigenvalue weighted by atomic mass is 9.71. The van der Waals surface area contributed by atoms with Gasteiger partial charge < -0.3 is 4.90 Å². The summed E-state index contributed by atoms with van der Waals surface area (Å²) in [6.45, 7) is 6.24. The van der Waals surface area contributed by atoms with Crippen molar-refractivity contribution in [3.63, 3.8) is 0 Å². The molecule has 0 amide bonds. The Hall–Kier alpha value is -0.530. The minimum absolute atomic E-state index is 0. The molecule has 1 fully saturated rings. The summed E-state index contributed by atoms with van der Waals surface area (Å²) in [5.41, 5.74) is 3.29. The zero-order valence-corrected chi connectivity index (χ0v) is 12.1. The highest BCUT2D eigenvalue weighted by atomic mass is 35.5. The lowest BCUT2D eigenvalue weighted by Gasteiger charge is -2.42. The molecular weight excluding hydrogens is 242 g/mol. The van der Waals surface area contributed by atoms with E-state index >= 15 is 0 Å². The Bertz CT molecular complexity index is 390. The van der Waals surface area contributed by atoms with Gasteiger partial charge in [0.2, 0.25) is 0 Å². The fourth-order valence-electron chi connectivity index (χ4n) is 3.79. The second kappa shape index (κ2) is 6.08. The van der Waals surface area contributed by atoms with Crippen LogP contribution in [0, 0.1) is 5.92 Å². The number of halogens is 1. The molecular formula is C16H24ClN. The van der Waals surface area contributed by atoms with Crippen molar-refractivity contribution in [3.05, 3.63) is 35.4 Å². The van der Waals surface area contributed by atoms with Crippen LogP contribution in [0.3, 0.4) is 0 Å². The van der Waals surface area contributed by atoms with E-state index < -0.39 is 0 Å². The number of fused-ring (bicyclic) bond motifs is 3. The highest BCUT2D eigenvalue weighted by Crippen LogP contribution is 2.41. The number of hydrogen-bond acceptors (Lipinski definition) is 1. The Labute approximate surface area is 117 Å². The van der Waals surface area contributed by atoms with E-state index in [9.17, 15) is 0 Å². The summed E-state index contributed by atoms with van der Waals surface area (Å²) in [5.74, 6) is 1.78. The lowest BCUT2D eigenvalue weighted by Crippen LogP contribution is -2.41. The van der Waals surface area contributed by atoms with Gasteiger partial charge in [-0.25, -0.2) is 0 Å². The fourth-order valence-corrected chi connectivity index (χ4v) is 3.79. The first-order valence-corrected chi connectivity index (χ1v) is 7.18. The quantitative estimate of drug-likeness (QED) is 0.785. The maximum absolute atomic E-state index is 2.68. The first-order valence-electron chi connectivity index (χ1n) is 7.18. The molecule has 0 spiro atoms. The molecule has 1 saturated heterocycles. The predicted molar refractivity (Wildman–Crippen MR) is 79.6 cm³/mol. The number of aryl methyl sites for hydroxylation is 1. The van der Waals surface area contributed by atoms with Gasteiger partial charge in [-0.2, -0.15) is 0 Å². The van der Waals surface area contributed by atoms with Crippen molar-refractivity contribution >= 4 is 12.4 Å². The topological polar surface area (TPSA) is 3.24 Å². The normalized spacial score (nSPS) is 26.9. The molecule has 1 aliphatic heterocycles. The van der Waals surface area contributed by atoms with E-state index in [2.05, 4.69) is 36.1 Å². The number of likely N-dealkylation sites (tertiary alicyclic amines) is 1. The van der Waals surface area contributed by atoms with E-state index in [0.717, 1.165) is 11.8 Å². The monoisotopic (exact) mass is 265 g/mol. The summed E-state index contributed by atoms with van der Waals surface area (Å²) in [6, 6.07) is 9.14. The largest absolute Gasteiger partial charge is 0.303 e. The molecule has 2 heteroatoms. The third-order valence-corrected chi connectivity index (χ3v) is 4.60. The zero-order chi connectivity index (χ0) is 11.7. The summed E-state index contributed by atoms with van der Waals surface area (Å²) in [7, 11) is 0. The van der Waals surface area contributed by atoms with Gasteiger partial charge in [-0.1, -0.05) is 31.2 Å². The van der Waals surface area contributed by atoms with Gasteiger partial charge in [-0.15, -0.1) is 12.4 Å². The van der Waals surface area contributed by atoms with Gasteiger partial charge >= 0.3 is 0 Å². The first kappa shape index (κ1) is 13.9. The maximum atomic E-state index is 2.68. The molecule has 0 bridgehead atoms. The van der Waals surface area contributed by atoms with Crippen molar-refractivity contribution < 1.29 is 0 Å². The van der Waals surface area contributed by atoms with Gasteiger partial charge in [-0.3, -0.25) is 0 Å². The van der Waals surface area contributed by atoms with E-state index in [-0.39, 0.29) is 12.4 Å². The number of nitrogens with zero attached hydrogens (tertiary/aromatic N) is 1. The smallest absolute Gasteiger partial charge is 0.00156 e. The van der Waals surface area contributed by atoms with E-state index in [1.54, 1.807) is 11.1 Å². The Morgan fingerprint density at radius 2 is 2.06 bits per heavy atom. The molecule has 2 aliphatic rings. The SMILES string of the molecule is CCCN1CC[C@H]2c3ccccc3CC[C@H]2C1.Cl. The minimum atomic E-state index is 0. The van der Waals surface area contributed by atoms with Crippen molar-refractivity contribution in [2.24, 2.45) is 5.92 Å². The fraction of sp³-hybridized carbons (Fsp3) is 0.625. The van der Waals surface area contributed by atoms with E-state index in [1.165, 1.54) is 45.3 Å². The number of hydrogen-bond donors (Lipinski definition) is 0. The molecule has 1 nitrogen and oxygen atoms in total. The molecule has 100 valence electrons. The summed E-state index contributed by atoms with van der Waals surface area (Å²) >= 11 is 0. The highest BCUT2D eigenvalue weighted by molar-refractivity contribution is 5.85. The van der Waals surface area contributed by atoms with Crippen molar-refractivity contribution in [1.82, 2.24) is 4.90 Å². The molecule has 1 aromatic rings. The molecule has 0 unspecified atom stereocenters. The Morgan fingerprint density at radius 1 is 1.22 bits per heavy atom. The second-order valence-corrected chi connectivity index (χ2v) is 5.69. The third kappa shape index (κ3) is 2.57. The summed E-state index contributed by atoms with van der Waals surface area (Å²) in [5, 5.41) is 0. The molecule has 0 saturated carbocycles. The Balaban J connectivity index is 0.00000120. The van der Waals surface area contributed by atoms with Crippen molar-refractivity contribution in [3.8, 4) is 0 Å². The zero-order valence-electron chi connectivity index (χ0n) is 11.3. The van der Waals surface area contributed by atoms with Crippen LogP contribution in [0.25, 0.3) is 0 Å². The molecule has 0 aromatic heterocycles. The summed E-state index contributed by atoms with van der Waals surface area (Å²) in [4.78, 5) is 2.68. The van der Waals surface area contributed by atoms with E-state index in [0.29, 0.717) is 0 Å². The van der Waals surface area contributed by atoms with Crippen LogP contribution in [0.5, 0.6) is 0 Å². The van der Waals surface area contributed by atoms with Crippen molar-refractivity contribution in [2.75, 3.05) is 19.6 Å². The summed E-state index contributed by atoms with van der Waals surface area (Å²) in [6.07, 6.45) is 5.38. The average Bonchev–Trinajstić information content (AvgIpc) is 2.39. The van der Waals surface area contributed by atoms with Crippen LogP contribution >= 0.6 is 12.4 Å². The molecule has 1 aromatic carbocycles. The summed E-state index contributed by atoms with van der Waals surface area (Å²) < 4.78 is 0. The minimum Gasteiger partial charge on any atom is -0.303 e. The van der Waals surface area contributed by atoms with Gasteiger partial charge in [0.05, 0.1) is 0 Å². The van der Waals surface area contributed by atoms with Crippen LogP contribution in [0.15, 0.2) is 24.3 Å². The van der Waals surface area contributed by atoms with Crippen molar-refractivity contribution in [1.29, 1.82) is 0 Å². The van der Waals surface area contributed by atoms with Crippen LogP contribution in [0.2, 0.25) is 0 Å². The molecule has 18 heavy (non-hydrogen) atoms. The molecule has 0 N–H and O–H groups in total. The van der Waals surface area contributed by atoms with Crippen LogP contribution < -0.4 is 0 Å². The first-order chi connectivity index (χ1) is 8.38. The molecule has 1 heterocycles. The van der Waals surface area contributed by atoms with Crippen molar-refractivity contribution in [2.45, 2.75) is 38.5 Å². The highest BCUT2D eigenvalue weighted by Gasteiger charge is 2.33. The second-order valence-electron chi connectivity index (χ2n) is 5.69.